The molecule has 2 fully saturated rings. The van der Waals surface area contributed by atoms with Gasteiger partial charge in [-0.05, 0) is 51.0 Å². The van der Waals surface area contributed by atoms with E-state index in [1.165, 1.54) is 0 Å². The highest BCUT2D eigenvalue weighted by molar-refractivity contribution is 6.57. The number of carbonyl (C=O) groups is 2. The first-order valence-corrected chi connectivity index (χ1v) is 9.83. The molecule has 2 aliphatic rings. The minimum Gasteiger partial charge on any atom is -0.481 e. The van der Waals surface area contributed by atoms with Gasteiger partial charge in [-0.25, -0.2) is 0 Å². The minimum atomic E-state index is -0.802. The van der Waals surface area contributed by atoms with Crippen molar-refractivity contribution >= 4 is 19.6 Å². The molecule has 1 aromatic carbocycles. The number of rotatable bonds is 5. The van der Waals surface area contributed by atoms with Crippen LogP contribution < -0.4 is 0 Å². The second-order valence-corrected chi connectivity index (χ2v) is 8.29. The molecule has 144 valence electrons. The standard InChI is InChI=1S/C21H28BNO4/c1-21(2)23(20(22)26)17(12-14-8-4-3-5-9-14)18(27-21)13-15-10-6-7-11-16(15)19(24)25/h3-5,8-9,15-18H,6-7,10-13H2,1-2H3,(H,24,25). The van der Waals surface area contributed by atoms with Crippen LogP contribution in [0.25, 0.3) is 0 Å². The highest BCUT2D eigenvalue weighted by atomic mass is 16.5. The normalized spacial score (nSPS) is 30.2. The summed E-state index contributed by atoms with van der Waals surface area (Å²) in [5.41, 5.74) is 0.307. The van der Waals surface area contributed by atoms with E-state index in [0.29, 0.717) is 12.8 Å². The molecule has 0 spiro atoms. The first-order chi connectivity index (χ1) is 12.8. The van der Waals surface area contributed by atoms with Gasteiger partial charge in [0.05, 0.1) is 18.1 Å². The van der Waals surface area contributed by atoms with Crippen LogP contribution >= 0.6 is 0 Å². The molecule has 1 aliphatic heterocycles. The highest BCUT2D eigenvalue weighted by Crippen LogP contribution is 2.41. The number of carbonyl (C=O) groups excluding carboxylic acids is 1. The monoisotopic (exact) mass is 369 g/mol. The van der Waals surface area contributed by atoms with Crippen LogP contribution in [0.5, 0.6) is 0 Å². The van der Waals surface area contributed by atoms with Gasteiger partial charge in [-0.2, -0.15) is 0 Å². The summed E-state index contributed by atoms with van der Waals surface area (Å²) in [6.45, 7) is 3.70. The summed E-state index contributed by atoms with van der Waals surface area (Å²) in [4.78, 5) is 25.5. The third-order valence-corrected chi connectivity index (χ3v) is 6.07. The number of hydrogen-bond donors (Lipinski definition) is 1. The van der Waals surface area contributed by atoms with Gasteiger partial charge in [-0.3, -0.25) is 9.59 Å². The molecule has 1 heterocycles. The maximum atomic E-state index is 12.2. The Morgan fingerprint density at radius 2 is 1.89 bits per heavy atom. The zero-order chi connectivity index (χ0) is 19.6. The second kappa shape index (κ2) is 8.05. The predicted molar refractivity (Wildman–Crippen MR) is 104 cm³/mol. The molecule has 4 unspecified atom stereocenters. The van der Waals surface area contributed by atoms with Gasteiger partial charge in [0.25, 0.3) is 0 Å². The Balaban J connectivity index is 1.84. The van der Waals surface area contributed by atoms with Gasteiger partial charge in [0.2, 0.25) is 7.85 Å². The summed E-state index contributed by atoms with van der Waals surface area (Å²) >= 11 is 0. The molecule has 1 saturated carbocycles. The smallest absolute Gasteiger partial charge is 0.306 e. The molecule has 1 N–H and O–H groups in total. The number of carboxylic acids is 1. The summed E-state index contributed by atoms with van der Waals surface area (Å²) in [7, 11) is 5.70. The van der Waals surface area contributed by atoms with E-state index in [-0.39, 0.29) is 24.0 Å². The zero-order valence-corrected chi connectivity index (χ0v) is 16.1. The number of aliphatic carboxylic acids is 1. The van der Waals surface area contributed by atoms with Crippen molar-refractivity contribution < 1.29 is 19.4 Å². The maximum absolute atomic E-state index is 12.2. The molecule has 4 atom stereocenters. The van der Waals surface area contributed by atoms with Crippen molar-refractivity contribution in [3.05, 3.63) is 35.9 Å². The fraction of sp³-hybridized carbons (Fsp3) is 0.619. The van der Waals surface area contributed by atoms with Crippen molar-refractivity contribution in [2.24, 2.45) is 11.8 Å². The van der Waals surface area contributed by atoms with Crippen LogP contribution in [0, 0.1) is 11.8 Å². The van der Waals surface area contributed by atoms with E-state index in [4.69, 9.17) is 12.6 Å². The lowest BCUT2D eigenvalue weighted by atomic mass is 9.75. The molecule has 2 radical (unpaired) electrons. The van der Waals surface area contributed by atoms with Gasteiger partial charge in [0.15, 0.2) is 5.81 Å². The second-order valence-electron chi connectivity index (χ2n) is 8.29. The molecule has 1 saturated heterocycles. The minimum absolute atomic E-state index is 0.0724. The van der Waals surface area contributed by atoms with Crippen molar-refractivity contribution in [3.63, 3.8) is 0 Å². The van der Waals surface area contributed by atoms with Gasteiger partial charge < -0.3 is 14.7 Å². The van der Waals surface area contributed by atoms with Crippen LogP contribution in [0.15, 0.2) is 30.3 Å². The number of amides is 1. The first kappa shape index (κ1) is 19.9. The number of benzene rings is 1. The lowest BCUT2D eigenvalue weighted by molar-refractivity contribution is -0.145. The van der Waals surface area contributed by atoms with Gasteiger partial charge in [0.1, 0.15) is 5.72 Å². The largest absolute Gasteiger partial charge is 0.481 e. The van der Waals surface area contributed by atoms with E-state index in [1.807, 2.05) is 44.2 Å². The van der Waals surface area contributed by atoms with Crippen LogP contribution in [0.1, 0.15) is 51.5 Å². The topological polar surface area (TPSA) is 66.8 Å². The van der Waals surface area contributed by atoms with Crippen LogP contribution in [-0.4, -0.2) is 47.5 Å². The number of ether oxygens (including phenoxy) is 1. The highest BCUT2D eigenvalue weighted by Gasteiger charge is 2.49. The van der Waals surface area contributed by atoms with E-state index in [2.05, 4.69) is 0 Å². The lowest BCUT2D eigenvalue weighted by Gasteiger charge is -2.34. The summed E-state index contributed by atoms with van der Waals surface area (Å²) in [6.07, 6.45) is 4.69. The molecule has 5 nitrogen and oxygen atoms in total. The Kier molecular flexibility index (Phi) is 5.94. The van der Waals surface area contributed by atoms with E-state index < -0.39 is 17.5 Å². The fourth-order valence-corrected chi connectivity index (χ4v) is 4.90. The molecule has 3 rings (SSSR count). The average Bonchev–Trinajstić information content (AvgIpc) is 2.85. The molecular formula is C21H28BNO4. The van der Waals surface area contributed by atoms with E-state index in [1.54, 1.807) is 4.90 Å². The summed E-state index contributed by atoms with van der Waals surface area (Å²) in [5, 5.41) is 9.60. The third kappa shape index (κ3) is 4.37. The van der Waals surface area contributed by atoms with Gasteiger partial charge in [-0.1, -0.05) is 43.2 Å². The van der Waals surface area contributed by atoms with Gasteiger partial charge in [0, 0.05) is 0 Å². The maximum Gasteiger partial charge on any atom is 0.306 e. The van der Waals surface area contributed by atoms with Crippen LogP contribution in [0.4, 0.5) is 4.79 Å². The Morgan fingerprint density at radius 3 is 2.52 bits per heavy atom. The first-order valence-electron chi connectivity index (χ1n) is 9.83. The zero-order valence-electron chi connectivity index (χ0n) is 16.1. The summed E-state index contributed by atoms with van der Waals surface area (Å²) < 4.78 is 6.27. The Hall–Kier alpha value is -1.82. The number of nitrogens with zero attached hydrogens (tertiary/aromatic N) is 1. The quantitative estimate of drug-likeness (QED) is 0.806. The molecule has 1 aromatic rings. The van der Waals surface area contributed by atoms with Gasteiger partial charge in [-0.15, -0.1) is 0 Å². The Bertz CT molecular complexity index is 678. The number of hydrogen-bond acceptors (Lipinski definition) is 3. The molecular weight excluding hydrogens is 341 g/mol. The average molecular weight is 369 g/mol. The van der Waals surface area contributed by atoms with Crippen molar-refractivity contribution in [1.29, 1.82) is 0 Å². The SMILES string of the molecule is [B]C(=O)N1C(Cc2ccccc2)C(CC2CCCCC2C(=O)O)OC1(C)C. The third-order valence-electron chi connectivity index (χ3n) is 6.07. The van der Waals surface area contributed by atoms with Crippen LogP contribution in [0.3, 0.4) is 0 Å². The molecule has 1 aliphatic carbocycles. The van der Waals surface area contributed by atoms with E-state index in [0.717, 1.165) is 31.2 Å². The lowest BCUT2D eigenvalue weighted by Crippen LogP contribution is -2.49. The molecule has 6 heteroatoms. The molecule has 27 heavy (non-hydrogen) atoms. The van der Waals surface area contributed by atoms with E-state index in [9.17, 15) is 14.7 Å². The van der Waals surface area contributed by atoms with Crippen molar-refractivity contribution in [2.75, 3.05) is 0 Å². The molecule has 0 bridgehead atoms. The van der Waals surface area contributed by atoms with Gasteiger partial charge >= 0.3 is 5.97 Å². The predicted octanol–water partition coefficient (Wildman–Crippen LogP) is 3.60. The van der Waals surface area contributed by atoms with E-state index >= 15 is 0 Å². The Labute approximate surface area is 162 Å². The fourth-order valence-electron chi connectivity index (χ4n) is 4.90. The van der Waals surface area contributed by atoms with Crippen molar-refractivity contribution in [1.82, 2.24) is 4.90 Å². The van der Waals surface area contributed by atoms with Crippen molar-refractivity contribution in [2.45, 2.75) is 70.2 Å². The number of carboxylic acid groups (broad SMARTS) is 1. The van der Waals surface area contributed by atoms with Crippen molar-refractivity contribution in [3.8, 4) is 0 Å². The van der Waals surface area contributed by atoms with Crippen LogP contribution in [0.2, 0.25) is 0 Å². The molecule has 1 amide bonds. The molecule has 0 aromatic heterocycles. The summed E-state index contributed by atoms with van der Waals surface area (Å²) in [6, 6.07) is 9.77. The Morgan fingerprint density at radius 1 is 1.22 bits per heavy atom. The summed E-state index contributed by atoms with van der Waals surface area (Å²) in [5.74, 6) is -1.47. The van der Waals surface area contributed by atoms with Crippen LogP contribution in [-0.2, 0) is 16.0 Å².